The summed E-state index contributed by atoms with van der Waals surface area (Å²) in [5.41, 5.74) is -1.12. The highest BCUT2D eigenvalue weighted by atomic mass is 31.2. The molecule has 1 aromatic rings. The van der Waals surface area contributed by atoms with Crippen LogP contribution in [0, 0.1) is 6.92 Å². The van der Waals surface area contributed by atoms with Gasteiger partial charge in [-0.25, -0.2) is 4.57 Å². The van der Waals surface area contributed by atoms with Crippen molar-refractivity contribution in [1.82, 2.24) is 0 Å². The van der Waals surface area contributed by atoms with Crippen LogP contribution >= 0.6 is 15.4 Å². The van der Waals surface area contributed by atoms with Gasteiger partial charge < -0.3 is 18.4 Å². The van der Waals surface area contributed by atoms with Crippen LogP contribution in [0.5, 0.6) is 5.75 Å². The number of hydrogen-bond donors (Lipinski definition) is 0. The lowest BCUT2D eigenvalue weighted by molar-refractivity contribution is -0.108. The second-order valence-electron chi connectivity index (χ2n) is 12.1. The molecular weight excluding hydrogens is 502 g/mol. The van der Waals surface area contributed by atoms with Crippen molar-refractivity contribution in [2.75, 3.05) is 0 Å². The quantitative estimate of drug-likeness (QED) is 0.194. The minimum atomic E-state index is -4.21. The minimum Gasteiger partial charge on any atom is -0.404 e. The topological polar surface area (TPSA) is 97.4 Å². The molecule has 0 aliphatic heterocycles. The number of aryl methyl sites for hydroxylation is 1. The Morgan fingerprint density at radius 3 is 1.64 bits per heavy atom. The summed E-state index contributed by atoms with van der Waals surface area (Å²) in [6.45, 7) is 23.1. The lowest BCUT2D eigenvalue weighted by Gasteiger charge is -2.34. The van der Waals surface area contributed by atoms with Crippen LogP contribution in [-0.4, -0.2) is 29.7 Å². The zero-order chi connectivity index (χ0) is 28.3. The first kappa shape index (κ1) is 33.0. The highest BCUT2D eigenvalue weighted by molar-refractivity contribution is 7.62. The average molecular weight is 549 g/mol. The van der Waals surface area contributed by atoms with Crippen molar-refractivity contribution in [1.29, 1.82) is 0 Å². The normalized spacial score (nSPS) is 14.0. The van der Waals surface area contributed by atoms with Crippen molar-refractivity contribution in [3.05, 3.63) is 23.3 Å². The van der Waals surface area contributed by atoms with Gasteiger partial charge >= 0.3 is 15.4 Å². The molecule has 10 heteroatoms. The van der Waals surface area contributed by atoms with E-state index in [0.29, 0.717) is 11.1 Å². The molecule has 0 N–H and O–H groups in total. The number of benzene rings is 1. The van der Waals surface area contributed by atoms with Gasteiger partial charge in [-0.3, -0.25) is 13.6 Å². The van der Waals surface area contributed by atoms with Gasteiger partial charge in [-0.05, 0) is 93.9 Å². The van der Waals surface area contributed by atoms with Crippen LogP contribution < -0.4 is 9.83 Å². The summed E-state index contributed by atoms with van der Waals surface area (Å²) in [4.78, 5) is 11.5. The molecule has 208 valence electrons. The van der Waals surface area contributed by atoms with E-state index in [4.69, 9.17) is 22.6 Å². The third-order valence-corrected chi connectivity index (χ3v) is 8.80. The Bertz CT molecular complexity index is 966. The molecule has 0 amide bonds. The smallest absolute Gasteiger partial charge is 0.404 e. The zero-order valence-electron chi connectivity index (χ0n) is 24.3. The molecule has 36 heavy (non-hydrogen) atoms. The molecule has 1 rings (SSSR count). The summed E-state index contributed by atoms with van der Waals surface area (Å²) in [5, 5.41) is 0.251. The predicted molar refractivity (Wildman–Crippen MR) is 144 cm³/mol. The summed E-state index contributed by atoms with van der Waals surface area (Å²) in [6.07, 6.45) is 0.231. The predicted octanol–water partition coefficient (Wildman–Crippen LogP) is 7.65. The van der Waals surface area contributed by atoms with Gasteiger partial charge in [0.15, 0.2) is 0 Å². The van der Waals surface area contributed by atoms with Crippen molar-refractivity contribution >= 4 is 27.0 Å². The van der Waals surface area contributed by atoms with Crippen molar-refractivity contribution in [2.24, 2.45) is 0 Å². The van der Waals surface area contributed by atoms with Crippen LogP contribution in [0.3, 0.4) is 0 Å². The molecule has 0 atom stereocenters. The number of aldehydes is 1. The zero-order valence-corrected chi connectivity index (χ0v) is 26.0. The Kier molecular flexibility index (Phi) is 10.8. The molecule has 0 heterocycles. The largest absolute Gasteiger partial charge is 0.531 e. The van der Waals surface area contributed by atoms with Gasteiger partial charge in [0, 0.05) is 17.4 Å². The molecule has 0 aromatic heterocycles. The molecule has 0 saturated carbocycles. The van der Waals surface area contributed by atoms with Crippen LogP contribution in [0.1, 0.15) is 101 Å². The summed E-state index contributed by atoms with van der Waals surface area (Å²) in [6, 6.07) is 3.21. The molecule has 0 saturated heterocycles. The summed E-state index contributed by atoms with van der Waals surface area (Å²) < 4.78 is 57.4. The monoisotopic (exact) mass is 548 g/mol. The van der Waals surface area contributed by atoms with Gasteiger partial charge in [-0.1, -0.05) is 13.8 Å². The molecule has 0 bridgehead atoms. The van der Waals surface area contributed by atoms with Crippen molar-refractivity contribution in [2.45, 2.75) is 125 Å². The minimum absolute atomic E-state index is 0.133. The van der Waals surface area contributed by atoms with E-state index in [2.05, 4.69) is 0 Å². The van der Waals surface area contributed by atoms with Crippen molar-refractivity contribution < 1.29 is 36.5 Å². The van der Waals surface area contributed by atoms with E-state index in [9.17, 15) is 13.9 Å². The van der Waals surface area contributed by atoms with Crippen LogP contribution in [0.2, 0.25) is 0 Å². The first-order chi connectivity index (χ1) is 16.0. The lowest BCUT2D eigenvalue weighted by Crippen LogP contribution is -2.27. The van der Waals surface area contributed by atoms with Crippen molar-refractivity contribution in [3.63, 3.8) is 0 Å². The van der Waals surface area contributed by atoms with Crippen molar-refractivity contribution in [3.8, 4) is 5.75 Å². The third-order valence-electron chi connectivity index (χ3n) is 4.55. The molecule has 1 aromatic carbocycles. The second kappa shape index (κ2) is 11.8. The van der Waals surface area contributed by atoms with Gasteiger partial charge in [-0.15, -0.1) is 0 Å². The number of rotatable bonds is 12. The van der Waals surface area contributed by atoms with E-state index in [1.165, 1.54) is 6.07 Å². The summed E-state index contributed by atoms with van der Waals surface area (Å²) in [7, 11) is -8.00. The van der Waals surface area contributed by atoms with Crippen LogP contribution in [0.4, 0.5) is 0 Å². The number of carbonyl (C=O) groups excluding carboxylic acids is 1. The highest BCUT2D eigenvalue weighted by Crippen LogP contribution is 2.58. The fourth-order valence-corrected chi connectivity index (χ4v) is 7.56. The Morgan fingerprint density at radius 1 is 0.833 bits per heavy atom. The van der Waals surface area contributed by atoms with Gasteiger partial charge in [-0.2, -0.15) is 0 Å². The second-order valence-corrected chi connectivity index (χ2v) is 15.5. The molecule has 0 aliphatic carbocycles. The molecule has 0 fully saturated rings. The van der Waals surface area contributed by atoms with Gasteiger partial charge in [0.25, 0.3) is 0 Å². The number of phosphoric ester groups is 1. The van der Waals surface area contributed by atoms with E-state index < -0.39 is 32.0 Å². The van der Waals surface area contributed by atoms with Crippen LogP contribution in [0.25, 0.3) is 0 Å². The Hall–Kier alpha value is -1.01. The maximum Gasteiger partial charge on any atom is 0.531 e. The van der Waals surface area contributed by atoms with E-state index in [1.54, 1.807) is 75.3 Å². The molecule has 0 unspecified atom stereocenters. The standard InChI is InChI=1S/C26H46O8P2/c1-18(2)30-35(28,31-19(3)4)21-16-20(5)23(26(12,13)14-15-27)22(17-21)32-36(29,33-24(6,7)8)34-25(9,10)11/h15-19H,14H2,1-13H3. The first-order valence-corrected chi connectivity index (χ1v) is 15.3. The van der Waals surface area contributed by atoms with E-state index in [1.807, 2.05) is 20.8 Å². The number of carbonyl (C=O) groups is 1. The Balaban J connectivity index is 3.94. The Labute approximate surface area is 217 Å². The maximum absolute atomic E-state index is 14.0. The fourth-order valence-electron chi connectivity index (χ4n) is 3.69. The SMILES string of the molecule is Cc1cc(P(=O)(OC(C)C)OC(C)C)cc(OP(=O)(OC(C)(C)C)OC(C)(C)C)c1C(C)(C)CC=O. The van der Waals surface area contributed by atoms with E-state index in [-0.39, 0.29) is 29.7 Å². The first-order valence-electron chi connectivity index (χ1n) is 12.3. The fraction of sp³-hybridized carbons (Fsp3) is 0.731. The lowest BCUT2D eigenvalue weighted by atomic mass is 9.79. The third kappa shape index (κ3) is 10.0. The highest BCUT2D eigenvalue weighted by Gasteiger charge is 2.42. The summed E-state index contributed by atoms with van der Waals surface area (Å²) >= 11 is 0. The van der Waals surface area contributed by atoms with Gasteiger partial charge in [0.2, 0.25) is 0 Å². The van der Waals surface area contributed by atoms with E-state index in [0.717, 1.165) is 6.29 Å². The molecule has 0 radical (unpaired) electrons. The van der Waals surface area contributed by atoms with E-state index >= 15 is 0 Å². The number of hydrogen-bond acceptors (Lipinski definition) is 8. The van der Waals surface area contributed by atoms with Gasteiger partial charge in [0.1, 0.15) is 12.0 Å². The molecule has 0 spiro atoms. The average Bonchev–Trinajstić information content (AvgIpc) is 2.55. The number of phosphoric acid groups is 1. The van der Waals surface area contributed by atoms with Gasteiger partial charge in [0.05, 0.1) is 28.7 Å². The molecule has 8 nitrogen and oxygen atoms in total. The van der Waals surface area contributed by atoms with Crippen LogP contribution in [-0.2, 0) is 37.4 Å². The Morgan fingerprint density at radius 2 is 1.28 bits per heavy atom. The van der Waals surface area contributed by atoms with Crippen LogP contribution in [0.15, 0.2) is 12.1 Å². The molecular formula is C26H46O8P2. The molecule has 0 aliphatic rings. The maximum atomic E-state index is 14.0. The summed E-state index contributed by atoms with van der Waals surface area (Å²) in [5.74, 6) is 0.133.